The van der Waals surface area contributed by atoms with Gasteiger partial charge in [-0.15, -0.1) is 0 Å². The molecule has 1 N–H and O–H groups in total. The highest BCUT2D eigenvalue weighted by atomic mass is 15.2. The molecule has 1 saturated heterocycles. The topological polar surface area (TPSA) is 15.3 Å². The van der Waals surface area contributed by atoms with Crippen molar-refractivity contribution in [2.45, 2.75) is 46.1 Å². The van der Waals surface area contributed by atoms with Crippen molar-refractivity contribution in [3.63, 3.8) is 0 Å². The van der Waals surface area contributed by atoms with Gasteiger partial charge in [-0.1, -0.05) is 27.2 Å². The van der Waals surface area contributed by atoms with Gasteiger partial charge in [-0.05, 0) is 31.8 Å². The summed E-state index contributed by atoms with van der Waals surface area (Å²) in [6, 6.07) is 0.689. The summed E-state index contributed by atoms with van der Waals surface area (Å²) >= 11 is 0. The number of hydrogen-bond acceptors (Lipinski definition) is 2. The second-order valence-electron chi connectivity index (χ2n) is 5.42. The molecule has 0 saturated carbocycles. The molecule has 0 aliphatic carbocycles. The molecule has 2 nitrogen and oxygen atoms in total. The minimum absolute atomic E-state index is 0.546. The van der Waals surface area contributed by atoms with Crippen molar-refractivity contribution in [1.29, 1.82) is 0 Å². The lowest BCUT2D eigenvalue weighted by Gasteiger charge is -2.24. The highest BCUT2D eigenvalue weighted by Crippen LogP contribution is 2.28. The molecule has 2 heteroatoms. The third-order valence-electron chi connectivity index (χ3n) is 3.28. The lowest BCUT2D eigenvalue weighted by molar-refractivity contribution is 0.258. The van der Waals surface area contributed by atoms with Crippen LogP contribution in [0.2, 0.25) is 0 Å². The predicted octanol–water partition coefficient (Wildman–Crippen LogP) is 2.11. The fourth-order valence-electron chi connectivity index (χ4n) is 2.37. The molecular formula is C12H26N2. The number of rotatable bonds is 5. The van der Waals surface area contributed by atoms with E-state index < -0.39 is 0 Å². The van der Waals surface area contributed by atoms with Crippen molar-refractivity contribution in [2.75, 3.05) is 26.7 Å². The maximum atomic E-state index is 3.42. The zero-order valence-corrected chi connectivity index (χ0v) is 10.3. The minimum Gasteiger partial charge on any atom is -0.316 e. The summed E-state index contributed by atoms with van der Waals surface area (Å²) in [4.78, 5) is 2.61. The van der Waals surface area contributed by atoms with Crippen LogP contribution < -0.4 is 5.32 Å². The van der Waals surface area contributed by atoms with Crippen molar-refractivity contribution >= 4 is 0 Å². The van der Waals surface area contributed by atoms with E-state index in [1.165, 1.54) is 38.9 Å². The van der Waals surface area contributed by atoms with Gasteiger partial charge in [0.25, 0.3) is 0 Å². The normalized spacial score (nSPS) is 24.0. The summed E-state index contributed by atoms with van der Waals surface area (Å²) in [6.45, 7) is 10.8. The lowest BCUT2D eigenvalue weighted by Crippen LogP contribution is -2.38. The van der Waals surface area contributed by atoms with Crippen LogP contribution in [0, 0.1) is 5.41 Å². The van der Waals surface area contributed by atoms with Crippen LogP contribution in [0.1, 0.15) is 40.0 Å². The summed E-state index contributed by atoms with van der Waals surface area (Å²) < 4.78 is 0. The van der Waals surface area contributed by atoms with Gasteiger partial charge >= 0.3 is 0 Å². The second-order valence-corrected chi connectivity index (χ2v) is 5.42. The molecule has 14 heavy (non-hydrogen) atoms. The molecule has 1 aliphatic rings. The second kappa shape index (κ2) is 5.13. The van der Waals surface area contributed by atoms with Gasteiger partial charge in [0, 0.05) is 19.1 Å². The number of likely N-dealkylation sites (tertiary alicyclic amines) is 1. The molecule has 84 valence electrons. The van der Waals surface area contributed by atoms with E-state index in [2.05, 4.69) is 38.0 Å². The highest BCUT2D eigenvalue weighted by molar-refractivity contribution is 4.84. The number of nitrogens with zero attached hydrogens (tertiary/aromatic N) is 1. The van der Waals surface area contributed by atoms with Gasteiger partial charge in [-0.3, -0.25) is 0 Å². The quantitative estimate of drug-likeness (QED) is 0.728. The van der Waals surface area contributed by atoms with E-state index in [-0.39, 0.29) is 0 Å². The Kier molecular flexibility index (Phi) is 4.39. The fraction of sp³-hybridized carbons (Fsp3) is 1.00. The first-order valence-corrected chi connectivity index (χ1v) is 5.97. The Morgan fingerprint density at radius 2 is 2.14 bits per heavy atom. The predicted molar refractivity (Wildman–Crippen MR) is 62.6 cm³/mol. The summed E-state index contributed by atoms with van der Waals surface area (Å²) in [7, 11) is 2.08. The summed E-state index contributed by atoms with van der Waals surface area (Å²) in [5.74, 6) is 0. The average molecular weight is 198 g/mol. The summed E-state index contributed by atoms with van der Waals surface area (Å²) in [5, 5.41) is 3.42. The van der Waals surface area contributed by atoms with E-state index in [1.54, 1.807) is 0 Å². The van der Waals surface area contributed by atoms with Gasteiger partial charge < -0.3 is 10.2 Å². The van der Waals surface area contributed by atoms with Crippen LogP contribution in [0.15, 0.2) is 0 Å². The Morgan fingerprint density at radius 1 is 1.43 bits per heavy atom. The molecule has 0 bridgehead atoms. The first-order valence-electron chi connectivity index (χ1n) is 5.97. The molecule has 1 atom stereocenters. The molecule has 1 heterocycles. The van der Waals surface area contributed by atoms with E-state index in [1.807, 2.05) is 0 Å². The van der Waals surface area contributed by atoms with Crippen LogP contribution in [0.25, 0.3) is 0 Å². The Labute approximate surface area is 89.1 Å². The van der Waals surface area contributed by atoms with Crippen molar-refractivity contribution < 1.29 is 0 Å². The molecular weight excluding hydrogens is 172 g/mol. The van der Waals surface area contributed by atoms with Crippen LogP contribution >= 0.6 is 0 Å². The van der Waals surface area contributed by atoms with Crippen molar-refractivity contribution in [1.82, 2.24) is 10.2 Å². The SMILES string of the molecule is CCCC(CN1CCC(C)(C)C1)NC. The van der Waals surface area contributed by atoms with Crippen molar-refractivity contribution in [2.24, 2.45) is 5.41 Å². The Hall–Kier alpha value is -0.0800. The summed E-state index contributed by atoms with van der Waals surface area (Å²) in [6.07, 6.45) is 3.94. The third-order valence-corrected chi connectivity index (χ3v) is 3.28. The Morgan fingerprint density at radius 3 is 2.57 bits per heavy atom. The molecule has 0 radical (unpaired) electrons. The first-order chi connectivity index (χ1) is 6.57. The Balaban J connectivity index is 2.30. The maximum Gasteiger partial charge on any atom is 0.0191 e. The van der Waals surface area contributed by atoms with Gasteiger partial charge in [0.15, 0.2) is 0 Å². The van der Waals surface area contributed by atoms with E-state index >= 15 is 0 Å². The van der Waals surface area contributed by atoms with Crippen LogP contribution in [0.3, 0.4) is 0 Å². The molecule has 1 rings (SSSR count). The number of likely N-dealkylation sites (N-methyl/N-ethyl adjacent to an activating group) is 1. The van der Waals surface area contributed by atoms with Crippen molar-refractivity contribution in [3.8, 4) is 0 Å². The van der Waals surface area contributed by atoms with E-state index in [0.29, 0.717) is 11.5 Å². The van der Waals surface area contributed by atoms with Crippen LogP contribution in [-0.2, 0) is 0 Å². The standard InChI is InChI=1S/C12H26N2/c1-5-6-11(13-4)9-14-8-7-12(2,3)10-14/h11,13H,5-10H2,1-4H3. The third kappa shape index (κ3) is 3.58. The molecule has 0 spiro atoms. The van der Waals surface area contributed by atoms with Gasteiger partial charge in [0.2, 0.25) is 0 Å². The Bertz CT molecular complexity index is 166. The first kappa shape index (κ1) is 12.0. The monoisotopic (exact) mass is 198 g/mol. The van der Waals surface area contributed by atoms with Crippen LogP contribution in [0.5, 0.6) is 0 Å². The minimum atomic E-state index is 0.546. The lowest BCUT2D eigenvalue weighted by atomic mass is 9.93. The smallest absolute Gasteiger partial charge is 0.0191 e. The average Bonchev–Trinajstić information content (AvgIpc) is 2.45. The molecule has 1 aliphatic heterocycles. The molecule has 0 amide bonds. The largest absolute Gasteiger partial charge is 0.316 e. The van der Waals surface area contributed by atoms with Crippen molar-refractivity contribution in [3.05, 3.63) is 0 Å². The fourth-order valence-corrected chi connectivity index (χ4v) is 2.37. The maximum absolute atomic E-state index is 3.42. The molecule has 0 aromatic carbocycles. The van der Waals surface area contributed by atoms with E-state index in [4.69, 9.17) is 0 Å². The number of hydrogen-bond donors (Lipinski definition) is 1. The molecule has 1 unspecified atom stereocenters. The van der Waals surface area contributed by atoms with Gasteiger partial charge in [0.1, 0.15) is 0 Å². The number of nitrogens with one attached hydrogen (secondary N) is 1. The molecule has 0 aromatic heterocycles. The zero-order valence-electron chi connectivity index (χ0n) is 10.3. The van der Waals surface area contributed by atoms with Gasteiger partial charge in [-0.25, -0.2) is 0 Å². The van der Waals surface area contributed by atoms with Crippen LogP contribution in [-0.4, -0.2) is 37.6 Å². The molecule has 0 aromatic rings. The van der Waals surface area contributed by atoms with E-state index in [0.717, 1.165) is 0 Å². The summed E-state index contributed by atoms with van der Waals surface area (Å²) in [5.41, 5.74) is 0.546. The zero-order chi connectivity index (χ0) is 10.6. The van der Waals surface area contributed by atoms with Crippen LogP contribution in [0.4, 0.5) is 0 Å². The van der Waals surface area contributed by atoms with Gasteiger partial charge in [0.05, 0.1) is 0 Å². The van der Waals surface area contributed by atoms with E-state index in [9.17, 15) is 0 Å². The highest BCUT2D eigenvalue weighted by Gasteiger charge is 2.29. The van der Waals surface area contributed by atoms with Gasteiger partial charge in [-0.2, -0.15) is 0 Å². The molecule has 1 fully saturated rings.